The summed E-state index contributed by atoms with van der Waals surface area (Å²) in [5.74, 6) is 1.81. The van der Waals surface area contributed by atoms with Crippen molar-refractivity contribution in [2.45, 2.75) is 5.41 Å². The molecule has 73 heavy (non-hydrogen) atoms. The highest BCUT2D eigenvalue weighted by Crippen LogP contribution is 2.62. The zero-order chi connectivity index (χ0) is 48.3. The molecule has 0 amide bonds. The average molecular weight is 928 g/mol. The van der Waals surface area contributed by atoms with Crippen LogP contribution in [-0.2, 0) is 5.41 Å². The Hall–Kier alpha value is -9.57. The highest BCUT2D eigenvalue weighted by Gasteiger charge is 2.50. The first-order chi connectivity index (χ1) is 36.2. The van der Waals surface area contributed by atoms with Gasteiger partial charge < -0.3 is 0 Å². The number of fused-ring (bicyclic) bond motifs is 12. The molecule has 2 aliphatic rings. The van der Waals surface area contributed by atoms with Gasteiger partial charge >= 0.3 is 0 Å². The third kappa shape index (κ3) is 7.00. The fraction of sp³-hybridized carbons (Fsp3) is 0.0143. The number of nitrogens with zero attached hydrogens (tertiary/aromatic N) is 3. The normalized spacial score (nSPS) is 12.5. The molecule has 3 heteroatoms. The maximum Gasteiger partial charge on any atom is 0.164 e. The van der Waals surface area contributed by atoms with Crippen LogP contribution in [0, 0.1) is 0 Å². The largest absolute Gasteiger partial charge is 0.208 e. The molecule has 2 aliphatic carbocycles. The lowest BCUT2D eigenvalue weighted by Crippen LogP contribution is -2.29. The van der Waals surface area contributed by atoms with Crippen LogP contribution in [-0.4, -0.2) is 15.0 Å². The van der Waals surface area contributed by atoms with E-state index in [1.165, 1.54) is 50.1 Å². The summed E-state index contributed by atoms with van der Waals surface area (Å²) >= 11 is 0. The van der Waals surface area contributed by atoms with E-state index in [-0.39, 0.29) is 0 Å². The van der Waals surface area contributed by atoms with Crippen LogP contribution >= 0.6 is 0 Å². The second kappa shape index (κ2) is 17.4. The first kappa shape index (κ1) is 42.3. The third-order valence-corrected chi connectivity index (χ3v) is 14.9. The molecule has 0 unspecified atom stereocenters. The number of hydrogen-bond acceptors (Lipinski definition) is 3. The molecular weight excluding hydrogens is 883 g/mol. The summed E-state index contributed by atoms with van der Waals surface area (Å²) in [6.45, 7) is 0. The molecule has 0 fully saturated rings. The Bertz CT molecular complexity index is 3740. The number of benzene rings is 11. The van der Waals surface area contributed by atoms with Gasteiger partial charge in [0.05, 0.1) is 5.41 Å². The van der Waals surface area contributed by atoms with E-state index in [2.05, 4.69) is 273 Å². The van der Waals surface area contributed by atoms with Gasteiger partial charge in [-0.15, -0.1) is 0 Å². The van der Waals surface area contributed by atoms with E-state index < -0.39 is 5.41 Å². The van der Waals surface area contributed by atoms with Gasteiger partial charge in [0.2, 0.25) is 0 Å². The van der Waals surface area contributed by atoms with Gasteiger partial charge in [0.1, 0.15) is 0 Å². The van der Waals surface area contributed by atoms with Gasteiger partial charge in [0.15, 0.2) is 17.5 Å². The summed E-state index contributed by atoms with van der Waals surface area (Å²) in [4.78, 5) is 16.8. The monoisotopic (exact) mass is 927 g/mol. The molecule has 0 radical (unpaired) electrons. The standard InChI is InChI=1S/C70H45N3/c1-5-22-46(23-6-1)50-40-51(47-24-7-2-8-25-47)43-54(42-50)67-71-68(55-44-52(48-26-9-3-10-27-48)41-53(45-55)49-28-11-4-12-29-49)73-69(72-67)61-35-21-39-65-66(61)60-34-17-20-38-64(60)70(65)62-36-18-15-32-58(62)56-30-13-14-31-57(56)59-33-16-19-37-63(59)70/h1-45H. The molecule has 0 bridgehead atoms. The topological polar surface area (TPSA) is 38.7 Å². The summed E-state index contributed by atoms with van der Waals surface area (Å²) in [7, 11) is 0. The minimum atomic E-state index is -0.657. The molecule has 0 saturated heterocycles. The van der Waals surface area contributed by atoms with Crippen LogP contribution in [0.25, 0.3) is 112 Å². The third-order valence-electron chi connectivity index (χ3n) is 14.9. The van der Waals surface area contributed by atoms with Gasteiger partial charge in [-0.05, 0) is 137 Å². The fourth-order valence-corrected chi connectivity index (χ4v) is 11.7. The number of aromatic nitrogens is 3. The minimum Gasteiger partial charge on any atom is -0.208 e. The van der Waals surface area contributed by atoms with E-state index in [1.54, 1.807) is 0 Å². The van der Waals surface area contributed by atoms with Crippen molar-refractivity contribution in [2.75, 3.05) is 0 Å². The van der Waals surface area contributed by atoms with E-state index in [4.69, 9.17) is 15.0 Å². The maximum atomic E-state index is 5.63. The Morgan fingerprint density at radius 3 is 0.890 bits per heavy atom. The van der Waals surface area contributed by atoms with Gasteiger partial charge in [-0.25, -0.2) is 15.0 Å². The molecule has 0 N–H and O–H groups in total. The summed E-state index contributed by atoms with van der Waals surface area (Å²) in [5, 5.41) is 0. The Morgan fingerprint density at radius 1 is 0.192 bits per heavy atom. The van der Waals surface area contributed by atoms with Crippen LogP contribution in [0.1, 0.15) is 22.3 Å². The second-order valence-electron chi connectivity index (χ2n) is 19.0. The molecule has 1 aromatic heterocycles. The van der Waals surface area contributed by atoms with Gasteiger partial charge in [0.25, 0.3) is 0 Å². The lowest BCUT2D eigenvalue weighted by atomic mass is 9.66. The summed E-state index contributed by atoms with van der Waals surface area (Å²) in [6, 6.07) is 98.6. The van der Waals surface area contributed by atoms with E-state index in [9.17, 15) is 0 Å². The van der Waals surface area contributed by atoms with Crippen molar-refractivity contribution in [3.05, 3.63) is 295 Å². The van der Waals surface area contributed by atoms with Gasteiger partial charge in [-0.1, -0.05) is 237 Å². The lowest BCUT2D eigenvalue weighted by Gasteiger charge is -2.35. The predicted molar refractivity (Wildman–Crippen MR) is 300 cm³/mol. The molecule has 12 aromatic rings. The van der Waals surface area contributed by atoms with Crippen LogP contribution in [0.4, 0.5) is 0 Å². The Balaban J connectivity index is 1.07. The molecule has 1 spiro atoms. The fourth-order valence-electron chi connectivity index (χ4n) is 11.7. The minimum absolute atomic E-state index is 0.598. The highest BCUT2D eigenvalue weighted by atomic mass is 15.0. The zero-order valence-corrected chi connectivity index (χ0v) is 39.8. The van der Waals surface area contributed by atoms with Crippen LogP contribution in [0.5, 0.6) is 0 Å². The van der Waals surface area contributed by atoms with Crippen molar-refractivity contribution in [1.29, 1.82) is 0 Å². The first-order valence-corrected chi connectivity index (χ1v) is 25.0. The Kier molecular flexibility index (Phi) is 10.1. The van der Waals surface area contributed by atoms with Gasteiger partial charge in [-0.2, -0.15) is 0 Å². The van der Waals surface area contributed by atoms with Crippen LogP contribution in [0.15, 0.2) is 273 Å². The number of rotatable bonds is 7. The Morgan fingerprint density at radius 2 is 0.479 bits per heavy atom. The SMILES string of the molecule is c1ccc(-c2cc(-c3ccccc3)cc(-c3nc(-c4cc(-c5ccccc5)cc(-c5ccccc5)c4)nc(-c4cccc5c4-c4ccccc4C54c5ccccc5-c5ccccc5-c5ccccc54)n3)c2)cc1. The lowest BCUT2D eigenvalue weighted by molar-refractivity contribution is 0.775. The average Bonchev–Trinajstić information content (AvgIpc) is 3.80. The second-order valence-corrected chi connectivity index (χ2v) is 19.0. The summed E-state index contributed by atoms with van der Waals surface area (Å²) in [5.41, 5.74) is 23.1. The van der Waals surface area contributed by atoms with Gasteiger partial charge in [-0.3, -0.25) is 0 Å². The molecule has 0 aliphatic heterocycles. The predicted octanol–water partition coefficient (Wildman–Crippen LogP) is 17.6. The van der Waals surface area contributed by atoms with E-state index in [0.29, 0.717) is 17.5 Å². The molecule has 0 saturated carbocycles. The quantitative estimate of drug-likeness (QED) is 0.160. The molecule has 11 aromatic carbocycles. The summed E-state index contributed by atoms with van der Waals surface area (Å²) in [6.07, 6.45) is 0. The van der Waals surface area contributed by atoms with E-state index in [0.717, 1.165) is 66.8 Å². The van der Waals surface area contributed by atoms with Gasteiger partial charge in [0, 0.05) is 16.7 Å². The molecular formula is C70H45N3. The van der Waals surface area contributed by atoms with Crippen LogP contribution in [0.2, 0.25) is 0 Å². The van der Waals surface area contributed by atoms with Crippen molar-refractivity contribution in [2.24, 2.45) is 0 Å². The Labute approximate surface area is 425 Å². The number of hydrogen-bond donors (Lipinski definition) is 0. The maximum absolute atomic E-state index is 5.63. The smallest absolute Gasteiger partial charge is 0.164 e. The van der Waals surface area contributed by atoms with Crippen molar-refractivity contribution in [1.82, 2.24) is 15.0 Å². The van der Waals surface area contributed by atoms with E-state index in [1.807, 2.05) is 0 Å². The summed E-state index contributed by atoms with van der Waals surface area (Å²) < 4.78 is 0. The van der Waals surface area contributed by atoms with Crippen molar-refractivity contribution in [3.63, 3.8) is 0 Å². The van der Waals surface area contributed by atoms with Crippen molar-refractivity contribution in [3.8, 4) is 112 Å². The van der Waals surface area contributed by atoms with Crippen LogP contribution in [0.3, 0.4) is 0 Å². The first-order valence-electron chi connectivity index (χ1n) is 25.0. The molecule has 0 atom stereocenters. The molecule has 1 heterocycles. The van der Waals surface area contributed by atoms with Crippen LogP contribution < -0.4 is 0 Å². The van der Waals surface area contributed by atoms with Crippen molar-refractivity contribution < 1.29 is 0 Å². The molecule has 14 rings (SSSR count). The molecule has 340 valence electrons. The molecule has 3 nitrogen and oxygen atoms in total. The zero-order valence-electron chi connectivity index (χ0n) is 39.8. The van der Waals surface area contributed by atoms with E-state index >= 15 is 0 Å². The highest BCUT2D eigenvalue weighted by molar-refractivity contribution is 6.00. The van der Waals surface area contributed by atoms with Crippen molar-refractivity contribution >= 4 is 0 Å².